The summed E-state index contributed by atoms with van der Waals surface area (Å²) >= 11 is 0. The number of carbonyl (C=O) groups excluding carboxylic acids is 1. The lowest BCUT2D eigenvalue weighted by Gasteiger charge is -2.10. The Labute approximate surface area is 146 Å². The molecule has 0 saturated heterocycles. The molecule has 0 spiro atoms. The highest BCUT2D eigenvalue weighted by Crippen LogP contribution is 2.26. The van der Waals surface area contributed by atoms with Crippen LogP contribution in [0.5, 0.6) is 0 Å². The minimum Gasteiger partial charge on any atom is -0.337 e. The maximum absolute atomic E-state index is 12.8. The summed E-state index contributed by atoms with van der Waals surface area (Å²) < 4.78 is 24.6. The summed E-state index contributed by atoms with van der Waals surface area (Å²) in [6.45, 7) is 4.58. The molecule has 0 aliphatic rings. The summed E-state index contributed by atoms with van der Waals surface area (Å²) in [4.78, 5) is 12.8. The Balaban J connectivity index is 1.97. The molecular weight excluding hydrogens is 338 g/mol. The molecule has 2 aromatic carbocycles. The van der Waals surface area contributed by atoms with E-state index in [2.05, 4.69) is 5.32 Å². The molecular formula is C18H19N3O3S. The van der Waals surface area contributed by atoms with Gasteiger partial charge in [-0.15, -0.1) is 0 Å². The van der Waals surface area contributed by atoms with Crippen LogP contribution >= 0.6 is 0 Å². The molecule has 1 aromatic heterocycles. The van der Waals surface area contributed by atoms with Crippen LogP contribution < -0.4 is 10.5 Å². The predicted molar refractivity (Wildman–Crippen MR) is 98.1 cm³/mol. The van der Waals surface area contributed by atoms with Crippen molar-refractivity contribution in [3.05, 3.63) is 59.8 Å². The number of benzene rings is 2. The number of anilines is 1. The smallest absolute Gasteiger partial charge is 0.272 e. The summed E-state index contributed by atoms with van der Waals surface area (Å²) in [5.41, 5.74) is 3.03. The lowest BCUT2D eigenvalue weighted by molar-refractivity contribution is 0.101. The summed E-state index contributed by atoms with van der Waals surface area (Å²) in [7, 11) is -3.75. The van der Waals surface area contributed by atoms with Gasteiger partial charge in [-0.1, -0.05) is 18.2 Å². The third kappa shape index (κ3) is 3.16. The molecule has 25 heavy (non-hydrogen) atoms. The van der Waals surface area contributed by atoms with Crippen molar-refractivity contribution < 1.29 is 13.2 Å². The summed E-state index contributed by atoms with van der Waals surface area (Å²) in [6.07, 6.45) is 0. The van der Waals surface area contributed by atoms with Crippen LogP contribution in [0, 0.1) is 6.92 Å². The Morgan fingerprint density at radius 3 is 2.36 bits per heavy atom. The zero-order chi connectivity index (χ0) is 18.2. The molecule has 130 valence electrons. The predicted octanol–water partition coefficient (Wildman–Crippen LogP) is 2.87. The lowest BCUT2D eigenvalue weighted by atomic mass is 10.1. The maximum Gasteiger partial charge on any atom is 0.272 e. The van der Waals surface area contributed by atoms with Crippen molar-refractivity contribution in [3.8, 4) is 0 Å². The van der Waals surface area contributed by atoms with Gasteiger partial charge in [0.25, 0.3) is 5.91 Å². The van der Waals surface area contributed by atoms with Gasteiger partial charge < -0.3 is 9.88 Å². The zero-order valence-electron chi connectivity index (χ0n) is 14.0. The summed E-state index contributed by atoms with van der Waals surface area (Å²) in [5.74, 6) is -0.237. The van der Waals surface area contributed by atoms with Crippen LogP contribution in [0.2, 0.25) is 0 Å². The number of fused-ring (bicyclic) bond motifs is 1. The Hall–Kier alpha value is -2.64. The fraction of sp³-hybridized carbons (Fsp3) is 0.167. The van der Waals surface area contributed by atoms with E-state index < -0.39 is 10.0 Å². The first-order chi connectivity index (χ1) is 11.8. The van der Waals surface area contributed by atoms with Gasteiger partial charge in [-0.2, -0.15) is 0 Å². The van der Waals surface area contributed by atoms with Crippen LogP contribution in [0.15, 0.2) is 53.4 Å². The van der Waals surface area contributed by atoms with Crippen LogP contribution in [-0.2, 0) is 16.6 Å². The van der Waals surface area contributed by atoms with Crippen molar-refractivity contribution in [1.29, 1.82) is 0 Å². The fourth-order valence-electron chi connectivity index (χ4n) is 3.02. The highest BCUT2D eigenvalue weighted by Gasteiger charge is 2.19. The third-order valence-electron chi connectivity index (χ3n) is 4.20. The molecule has 0 radical (unpaired) electrons. The molecule has 7 heteroatoms. The van der Waals surface area contributed by atoms with Crippen LogP contribution in [0.25, 0.3) is 10.9 Å². The topological polar surface area (TPSA) is 94.2 Å². The van der Waals surface area contributed by atoms with Gasteiger partial charge in [0.1, 0.15) is 5.69 Å². The number of para-hydroxylation sites is 1. The number of nitrogens with two attached hydrogens (primary N) is 1. The molecule has 6 nitrogen and oxygen atoms in total. The van der Waals surface area contributed by atoms with Crippen molar-refractivity contribution in [3.63, 3.8) is 0 Å². The molecule has 3 aromatic rings. The van der Waals surface area contributed by atoms with Crippen LogP contribution in [0.4, 0.5) is 5.69 Å². The molecule has 1 amide bonds. The van der Waals surface area contributed by atoms with E-state index in [1.165, 1.54) is 24.3 Å². The normalized spacial score (nSPS) is 11.6. The van der Waals surface area contributed by atoms with Crippen molar-refractivity contribution in [2.45, 2.75) is 25.3 Å². The summed E-state index contributed by atoms with van der Waals surface area (Å²) in [6, 6.07) is 13.7. The molecule has 0 saturated carbocycles. The second-order valence-corrected chi connectivity index (χ2v) is 7.32. The van der Waals surface area contributed by atoms with E-state index in [4.69, 9.17) is 5.14 Å². The Morgan fingerprint density at radius 2 is 1.76 bits per heavy atom. The average molecular weight is 357 g/mol. The maximum atomic E-state index is 12.8. The van der Waals surface area contributed by atoms with Crippen molar-refractivity contribution in [1.82, 2.24) is 4.57 Å². The lowest BCUT2D eigenvalue weighted by Crippen LogP contribution is -2.18. The van der Waals surface area contributed by atoms with Gasteiger partial charge in [-0.05, 0) is 49.7 Å². The highest BCUT2D eigenvalue weighted by atomic mass is 32.2. The Morgan fingerprint density at radius 1 is 1.12 bits per heavy atom. The largest absolute Gasteiger partial charge is 0.337 e. The number of aryl methyl sites for hydroxylation is 2. The molecule has 0 bridgehead atoms. The van der Waals surface area contributed by atoms with Gasteiger partial charge in [0.05, 0.1) is 4.90 Å². The highest BCUT2D eigenvalue weighted by molar-refractivity contribution is 7.89. The minimum atomic E-state index is -3.75. The van der Waals surface area contributed by atoms with E-state index in [0.717, 1.165) is 16.5 Å². The van der Waals surface area contributed by atoms with E-state index in [1.54, 1.807) is 0 Å². The second kappa shape index (κ2) is 6.34. The van der Waals surface area contributed by atoms with Gasteiger partial charge in [-0.25, -0.2) is 13.6 Å². The zero-order valence-corrected chi connectivity index (χ0v) is 14.8. The molecule has 0 aliphatic carbocycles. The number of hydrogen-bond donors (Lipinski definition) is 2. The van der Waals surface area contributed by atoms with E-state index in [1.807, 2.05) is 42.7 Å². The number of aromatic nitrogens is 1. The third-order valence-corrected chi connectivity index (χ3v) is 5.13. The number of hydrogen-bond acceptors (Lipinski definition) is 3. The van der Waals surface area contributed by atoms with Gasteiger partial charge >= 0.3 is 0 Å². The quantitative estimate of drug-likeness (QED) is 0.752. The standard InChI is InChI=1S/C18H19N3O3S/c1-3-21-16-7-5-4-6-15(16)12(2)17(21)18(22)20-13-8-10-14(11-9-13)25(19,23)24/h4-11H,3H2,1-2H3,(H,20,22)(H2,19,23,24). The molecule has 0 unspecified atom stereocenters. The molecule has 0 fully saturated rings. The van der Waals surface area contributed by atoms with Gasteiger partial charge in [0.2, 0.25) is 10.0 Å². The van der Waals surface area contributed by atoms with E-state index >= 15 is 0 Å². The van der Waals surface area contributed by atoms with E-state index in [-0.39, 0.29) is 10.8 Å². The second-order valence-electron chi connectivity index (χ2n) is 5.76. The van der Waals surface area contributed by atoms with Gasteiger partial charge in [0.15, 0.2) is 0 Å². The Kier molecular flexibility index (Phi) is 4.36. The monoisotopic (exact) mass is 357 g/mol. The number of amides is 1. The number of primary sulfonamides is 1. The number of carbonyl (C=O) groups is 1. The molecule has 0 aliphatic heterocycles. The first-order valence-electron chi connectivity index (χ1n) is 7.85. The summed E-state index contributed by atoms with van der Waals surface area (Å²) in [5, 5.41) is 8.94. The average Bonchev–Trinajstić information content (AvgIpc) is 2.87. The van der Waals surface area contributed by atoms with Gasteiger partial charge in [-0.3, -0.25) is 4.79 Å². The number of sulfonamides is 1. The first kappa shape index (κ1) is 17.2. The SMILES string of the molecule is CCn1c(C(=O)Nc2ccc(S(N)(=O)=O)cc2)c(C)c2ccccc21. The van der Waals surface area contributed by atoms with Crippen molar-refractivity contribution in [2.75, 3.05) is 5.32 Å². The van der Waals surface area contributed by atoms with Crippen LogP contribution in [0.1, 0.15) is 23.0 Å². The minimum absolute atomic E-state index is 0.00403. The van der Waals surface area contributed by atoms with E-state index in [0.29, 0.717) is 17.9 Å². The van der Waals surface area contributed by atoms with Crippen molar-refractivity contribution >= 4 is 32.5 Å². The van der Waals surface area contributed by atoms with Gasteiger partial charge in [0, 0.05) is 23.1 Å². The number of nitrogens with one attached hydrogen (secondary N) is 1. The first-order valence-corrected chi connectivity index (χ1v) is 9.39. The number of rotatable bonds is 4. The Bertz CT molecular complexity index is 1050. The fourth-order valence-corrected chi connectivity index (χ4v) is 3.53. The van der Waals surface area contributed by atoms with Crippen molar-refractivity contribution in [2.24, 2.45) is 5.14 Å². The molecule has 1 heterocycles. The van der Waals surface area contributed by atoms with E-state index in [9.17, 15) is 13.2 Å². The molecule has 3 N–H and O–H groups in total. The van der Waals surface area contributed by atoms with Crippen LogP contribution in [0.3, 0.4) is 0 Å². The molecule has 3 rings (SSSR count). The molecule has 0 atom stereocenters. The van der Waals surface area contributed by atoms with Crippen LogP contribution in [-0.4, -0.2) is 18.9 Å². The number of nitrogens with zero attached hydrogens (tertiary/aromatic N) is 1.